The molecule has 0 atom stereocenters. The maximum absolute atomic E-state index is 14.6. The molecule has 0 fully saturated rings. The summed E-state index contributed by atoms with van der Waals surface area (Å²) in [6.07, 6.45) is 0. The van der Waals surface area contributed by atoms with Gasteiger partial charge in [-0.05, 0) is 18.2 Å². The van der Waals surface area contributed by atoms with Gasteiger partial charge in [-0.15, -0.1) is 0 Å². The minimum Gasteiger partial charge on any atom is -0.489 e. The lowest BCUT2D eigenvalue weighted by molar-refractivity contribution is 0.0450. The Bertz CT molecular complexity index is 1350. The summed E-state index contributed by atoms with van der Waals surface area (Å²) >= 11 is 0. The number of ether oxygens (including phenoxy) is 2. The number of H-pyrrole nitrogens is 1. The highest BCUT2D eigenvalue weighted by Crippen LogP contribution is 2.35. The van der Waals surface area contributed by atoms with Gasteiger partial charge in [0.15, 0.2) is 5.03 Å². The average Bonchev–Trinajstić information content (AvgIpc) is 2.72. The molecule has 160 valence electrons. The molecule has 3 aromatic rings. The van der Waals surface area contributed by atoms with Gasteiger partial charge in [0.2, 0.25) is 5.56 Å². The fourth-order valence-electron chi connectivity index (χ4n) is 3.00. The summed E-state index contributed by atoms with van der Waals surface area (Å²) in [6.45, 7) is -0.331. The first kappa shape index (κ1) is 20.5. The zero-order valence-electron chi connectivity index (χ0n) is 15.6. The number of sulfonamides is 1. The number of cyclic esters (lactones) is 1. The van der Waals surface area contributed by atoms with Gasteiger partial charge in [-0.1, -0.05) is 18.2 Å². The summed E-state index contributed by atoms with van der Waals surface area (Å²) in [5, 5.41) is -0.691. The van der Waals surface area contributed by atoms with Crippen molar-refractivity contribution in [1.82, 2.24) is 4.98 Å². The van der Waals surface area contributed by atoms with Crippen LogP contribution in [0.3, 0.4) is 0 Å². The number of hydrogen-bond donors (Lipinski definition) is 2. The van der Waals surface area contributed by atoms with E-state index in [1.807, 2.05) is 4.72 Å². The molecule has 4 bridgehead atoms. The van der Waals surface area contributed by atoms with E-state index in [4.69, 9.17) is 9.47 Å². The van der Waals surface area contributed by atoms with Crippen LogP contribution < -0.4 is 15.0 Å². The van der Waals surface area contributed by atoms with Crippen LogP contribution in [-0.4, -0.2) is 32.6 Å². The molecule has 0 aliphatic carbocycles. The molecule has 0 amide bonds. The molecule has 0 spiro atoms. The molecule has 11 heteroatoms. The van der Waals surface area contributed by atoms with Crippen LogP contribution in [0.4, 0.5) is 14.5 Å². The fourth-order valence-corrected chi connectivity index (χ4v) is 4.07. The Labute approximate surface area is 174 Å². The quantitative estimate of drug-likeness (QED) is 0.511. The maximum atomic E-state index is 14.6. The lowest BCUT2D eigenvalue weighted by Crippen LogP contribution is -2.21. The first-order chi connectivity index (χ1) is 14.7. The average molecular weight is 448 g/mol. The van der Waals surface area contributed by atoms with Gasteiger partial charge in [0.25, 0.3) is 10.0 Å². The molecule has 1 aliphatic heterocycles. The van der Waals surface area contributed by atoms with Crippen molar-refractivity contribution in [2.24, 2.45) is 0 Å². The van der Waals surface area contributed by atoms with Crippen LogP contribution in [0.25, 0.3) is 11.1 Å². The summed E-state index contributed by atoms with van der Waals surface area (Å²) in [5.41, 5.74) is -1.66. The first-order valence-corrected chi connectivity index (χ1v) is 10.4. The second-order valence-electron chi connectivity index (χ2n) is 6.50. The lowest BCUT2D eigenvalue weighted by Gasteiger charge is -2.14. The van der Waals surface area contributed by atoms with Crippen LogP contribution in [-0.2, 0) is 14.8 Å². The molecule has 0 radical (unpaired) electrons. The van der Waals surface area contributed by atoms with E-state index in [0.29, 0.717) is 6.07 Å². The first-order valence-electron chi connectivity index (χ1n) is 8.90. The van der Waals surface area contributed by atoms with Crippen LogP contribution in [0.15, 0.2) is 58.4 Å². The number of fused-ring (bicyclic) bond motifs is 6. The predicted molar refractivity (Wildman–Crippen MR) is 105 cm³/mol. The molecule has 8 nitrogen and oxygen atoms in total. The predicted octanol–water partition coefficient (Wildman–Crippen LogP) is 2.67. The van der Waals surface area contributed by atoms with Crippen LogP contribution in [0.1, 0.15) is 10.4 Å². The topological polar surface area (TPSA) is 115 Å². The highest BCUT2D eigenvalue weighted by Gasteiger charge is 2.23. The molecule has 31 heavy (non-hydrogen) atoms. The van der Waals surface area contributed by atoms with Crippen LogP contribution in [0.2, 0.25) is 0 Å². The molecule has 1 aliphatic rings. The van der Waals surface area contributed by atoms with E-state index >= 15 is 0 Å². The van der Waals surface area contributed by atoms with Gasteiger partial charge in [0.1, 0.15) is 30.6 Å². The highest BCUT2D eigenvalue weighted by atomic mass is 32.2. The van der Waals surface area contributed by atoms with Gasteiger partial charge >= 0.3 is 5.97 Å². The van der Waals surface area contributed by atoms with Gasteiger partial charge in [-0.25, -0.2) is 13.6 Å². The summed E-state index contributed by atoms with van der Waals surface area (Å²) in [4.78, 5) is 26.2. The fraction of sp³-hybridized carbons (Fsp3) is 0.100. The van der Waals surface area contributed by atoms with Crippen molar-refractivity contribution in [3.05, 3.63) is 76.1 Å². The molecule has 0 saturated heterocycles. The number of nitrogens with one attached hydrogen (secondary N) is 2. The van der Waals surface area contributed by atoms with Gasteiger partial charge in [0, 0.05) is 23.3 Å². The second kappa shape index (κ2) is 7.84. The van der Waals surface area contributed by atoms with E-state index in [2.05, 4.69) is 4.98 Å². The minimum atomic E-state index is -4.54. The summed E-state index contributed by atoms with van der Waals surface area (Å²) in [5.74, 6) is -2.86. The monoisotopic (exact) mass is 448 g/mol. The van der Waals surface area contributed by atoms with Gasteiger partial charge in [0.05, 0.1) is 11.3 Å². The number of esters is 1. The number of carbonyl (C=O) groups excluding carboxylic acids is 1. The number of para-hydroxylation sites is 1. The Kier molecular flexibility index (Phi) is 5.19. The van der Waals surface area contributed by atoms with Gasteiger partial charge < -0.3 is 14.5 Å². The third-order valence-corrected chi connectivity index (χ3v) is 5.68. The number of anilines is 1. The van der Waals surface area contributed by atoms with Crippen molar-refractivity contribution in [1.29, 1.82) is 0 Å². The Morgan fingerprint density at radius 2 is 1.61 bits per heavy atom. The molecule has 0 unspecified atom stereocenters. The Morgan fingerprint density at radius 1 is 0.871 bits per heavy atom. The normalized spacial score (nSPS) is 15.4. The Morgan fingerprint density at radius 3 is 2.42 bits per heavy atom. The van der Waals surface area contributed by atoms with Gasteiger partial charge in [-0.3, -0.25) is 9.52 Å². The number of pyridine rings is 1. The number of halogens is 2. The van der Waals surface area contributed by atoms with E-state index in [9.17, 15) is 26.8 Å². The van der Waals surface area contributed by atoms with E-state index in [1.165, 1.54) is 12.1 Å². The van der Waals surface area contributed by atoms with E-state index in [1.54, 1.807) is 12.1 Å². The number of aromatic amines is 1. The van der Waals surface area contributed by atoms with Crippen molar-refractivity contribution in [2.75, 3.05) is 17.9 Å². The van der Waals surface area contributed by atoms with Gasteiger partial charge in [-0.2, -0.15) is 8.42 Å². The van der Waals surface area contributed by atoms with E-state index < -0.39 is 43.9 Å². The molecular formula is C20H14F2N2O6S. The molecule has 4 rings (SSSR count). The zero-order chi connectivity index (χ0) is 22.2. The van der Waals surface area contributed by atoms with Crippen molar-refractivity contribution in [3.8, 4) is 16.9 Å². The largest absolute Gasteiger partial charge is 0.489 e. The van der Waals surface area contributed by atoms with E-state index in [-0.39, 0.29) is 35.7 Å². The molecular weight excluding hydrogens is 434 g/mol. The van der Waals surface area contributed by atoms with Crippen LogP contribution >= 0.6 is 0 Å². The van der Waals surface area contributed by atoms with Crippen molar-refractivity contribution in [2.45, 2.75) is 5.03 Å². The number of carbonyl (C=O) groups is 1. The summed E-state index contributed by atoms with van der Waals surface area (Å²) in [7, 11) is -4.54. The smallest absolute Gasteiger partial charge is 0.338 e. The number of rotatable bonds is 0. The summed E-state index contributed by atoms with van der Waals surface area (Å²) in [6, 6.07) is 9.52. The standard InChI is InChI=1S/C20H14F2N2O6S/c21-14-10-15(22)16-9-13(14)12-3-1-2-4-17(12)29-5-6-30-20(26)11-7-18(25)23-19(8-11)31(27,28)24-16/h1-4,7-10,24H,5-6H2,(H,23,25). The molecule has 2 aromatic carbocycles. The lowest BCUT2D eigenvalue weighted by atomic mass is 10.0. The van der Waals surface area contributed by atoms with E-state index in [0.717, 1.165) is 18.2 Å². The zero-order valence-corrected chi connectivity index (χ0v) is 16.5. The third-order valence-electron chi connectivity index (χ3n) is 4.40. The molecule has 2 heterocycles. The second-order valence-corrected chi connectivity index (χ2v) is 8.15. The Hall–Kier alpha value is -3.73. The van der Waals surface area contributed by atoms with Crippen LogP contribution in [0.5, 0.6) is 5.75 Å². The molecule has 1 aromatic heterocycles. The number of aromatic nitrogens is 1. The Balaban J connectivity index is 1.92. The maximum Gasteiger partial charge on any atom is 0.338 e. The number of benzene rings is 2. The molecule has 0 saturated carbocycles. The SMILES string of the molecule is O=C1OCCOc2ccccc2-c2cc(c(F)cc2F)NS(=O)(=O)c2cc1cc(=O)[nH]2. The molecule has 2 N–H and O–H groups in total. The number of hydrogen-bond acceptors (Lipinski definition) is 6. The van der Waals surface area contributed by atoms with Crippen molar-refractivity contribution < 1.29 is 31.5 Å². The summed E-state index contributed by atoms with van der Waals surface area (Å²) < 4.78 is 67.0. The highest BCUT2D eigenvalue weighted by molar-refractivity contribution is 7.92. The van der Waals surface area contributed by atoms with Crippen LogP contribution in [0, 0.1) is 11.6 Å². The van der Waals surface area contributed by atoms with Crippen molar-refractivity contribution in [3.63, 3.8) is 0 Å². The third kappa shape index (κ3) is 4.12. The minimum absolute atomic E-state index is 0.106. The van der Waals surface area contributed by atoms with Crippen molar-refractivity contribution >= 4 is 21.7 Å².